The van der Waals surface area contributed by atoms with Crippen LogP contribution in [0.3, 0.4) is 0 Å². The third kappa shape index (κ3) is 3.52. The van der Waals surface area contributed by atoms with Gasteiger partial charge >= 0.3 is 0 Å². The molecule has 1 aromatic rings. The van der Waals surface area contributed by atoms with Crippen LogP contribution in [0.2, 0.25) is 5.02 Å². The topological polar surface area (TPSA) is 63.4 Å². The number of rotatable bonds is 4. The molecule has 0 aromatic heterocycles. The predicted molar refractivity (Wildman–Crippen MR) is 87.0 cm³/mol. The molecular formula is C15H23ClN2O2S. The number of nitrogens with two attached hydrogens (primary N) is 1. The Labute approximate surface area is 132 Å². The second-order valence-corrected chi connectivity index (χ2v) is 8.10. The van der Waals surface area contributed by atoms with Gasteiger partial charge in [-0.05, 0) is 43.4 Å². The third-order valence-electron chi connectivity index (χ3n) is 4.16. The summed E-state index contributed by atoms with van der Waals surface area (Å²) in [7, 11) is -3.47. The van der Waals surface area contributed by atoms with Crippen LogP contribution in [0.4, 0.5) is 5.69 Å². The van der Waals surface area contributed by atoms with Crippen molar-refractivity contribution < 1.29 is 8.42 Å². The van der Waals surface area contributed by atoms with Crippen molar-refractivity contribution in [1.82, 2.24) is 4.31 Å². The van der Waals surface area contributed by atoms with Crippen LogP contribution in [0.5, 0.6) is 0 Å². The van der Waals surface area contributed by atoms with Gasteiger partial charge in [0.1, 0.15) is 0 Å². The van der Waals surface area contributed by atoms with E-state index in [9.17, 15) is 8.42 Å². The Morgan fingerprint density at radius 2 is 1.95 bits per heavy atom. The number of nitrogen functional groups attached to an aromatic ring is 1. The number of nitrogens with zero attached hydrogens (tertiary/aromatic N) is 1. The highest BCUT2D eigenvalue weighted by Gasteiger charge is 2.29. The molecule has 2 rings (SSSR count). The summed E-state index contributed by atoms with van der Waals surface area (Å²) in [5.74, 6) is 0.651. The maximum atomic E-state index is 12.7. The van der Waals surface area contributed by atoms with Crippen LogP contribution in [0.25, 0.3) is 0 Å². The smallest absolute Gasteiger partial charge is 0.243 e. The molecule has 1 saturated heterocycles. The molecule has 0 radical (unpaired) electrons. The van der Waals surface area contributed by atoms with Crippen LogP contribution in [-0.2, 0) is 10.0 Å². The molecule has 1 aliphatic rings. The molecule has 21 heavy (non-hydrogen) atoms. The van der Waals surface area contributed by atoms with Crippen molar-refractivity contribution in [3.8, 4) is 0 Å². The first-order valence-electron chi connectivity index (χ1n) is 7.42. The lowest BCUT2D eigenvalue weighted by Crippen LogP contribution is -2.38. The average Bonchev–Trinajstić information content (AvgIpc) is 2.45. The zero-order valence-electron chi connectivity index (χ0n) is 12.6. The Bertz CT molecular complexity index is 585. The van der Waals surface area contributed by atoms with Crippen LogP contribution in [-0.4, -0.2) is 25.8 Å². The molecule has 1 aliphatic heterocycles. The summed E-state index contributed by atoms with van der Waals surface area (Å²) in [6.07, 6.45) is 4.22. The van der Waals surface area contributed by atoms with Crippen molar-refractivity contribution in [3.63, 3.8) is 0 Å². The van der Waals surface area contributed by atoms with Gasteiger partial charge in [0.2, 0.25) is 10.0 Å². The zero-order chi connectivity index (χ0) is 15.6. The molecule has 0 aliphatic carbocycles. The second-order valence-electron chi connectivity index (χ2n) is 5.78. The Morgan fingerprint density at radius 1 is 1.33 bits per heavy atom. The van der Waals surface area contributed by atoms with Crippen molar-refractivity contribution in [2.24, 2.45) is 5.92 Å². The summed E-state index contributed by atoms with van der Waals surface area (Å²) in [4.78, 5) is 0.246. The van der Waals surface area contributed by atoms with Gasteiger partial charge in [-0.25, -0.2) is 8.42 Å². The fourth-order valence-electron chi connectivity index (χ4n) is 2.91. The average molecular weight is 331 g/mol. The number of sulfonamides is 1. The van der Waals surface area contributed by atoms with E-state index in [1.807, 2.05) is 0 Å². The molecule has 1 fully saturated rings. The van der Waals surface area contributed by atoms with E-state index in [-0.39, 0.29) is 4.90 Å². The first-order valence-corrected chi connectivity index (χ1v) is 9.23. The van der Waals surface area contributed by atoms with Gasteiger partial charge < -0.3 is 5.73 Å². The molecule has 0 amide bonds. The van der Waals surface area contributed by atoms with Crippen molar-refractivity contribution in [2.45, 2.75) is 44.4 Å². The SMILES string of the molecule is CCCC1CCN(S(=O)(=O)c2cc(C)c(Cl)c(N)c2)CC1. The summed E-state index contributed by atoms with van der Waals surface area (Å²) in [6.45, 7) is 5.12. The van der Waals surface area contributed by atoms with E-state index >= 15 is 0 Å². The summed E-state index contributed by atoms with van der Waals surface area (Å²) in [6, 6.07) is 3.06. The highest BCUT2D eigenvalue weighted by atomic mass is 35.5. The fourth-order valence-corrected chi connectivity index (χ4v) is 4.61. The molecule has 2 N–H and O–H groups in total. The minimum atomic E-state index is -3.47. The summed E-state index contributed by atoms with van der Waals surface area (Å²) >= 11 is 6.01. The maximum Gasteiger partial charge on any atom is 0.243 e. The van der Waals surface area contributed by atoms with Crippen LogP contribution >= 0.6 is 11.6 Å². The molecule has 118 valence electrons. The number of anilines is 1. The van der Waals surface area contributed by atoms with Gasteiger partial charge in [0.25, 0.3) is 0 Å². The number of halogens is 1. The fraction of sp³-hybridized carbons (Fsp3) is 0.600. The molecule has 0 atom stereocenters. The van der Waals surface area contributed by atoms with Crippen LogP contribution in [0.15, 0.2) is 17.0 Å². The molecule has 1 heterocycles. The summed E-state index contributed by atoms with van der Waals surface area (Å²) in [5, 5.41) is 0.426. The molecule has 0 spiro atoms. The molecule has 0 bridgehead atoms. The van der Waals surface area contributed by atoms with Crippen molar-refractivity contribution >= 4 is 27.3 Å². The second kappa shape index (κ2) is 6.55. The van der Waals surface area contributed by atoms with Gasteiger partial charge in [-0.15, -0.1) is 0 Å². The van der Waals surface area contributed by atoms with E-state index in [1.54, 1.807) is 17.3 Å². The van der Waals surface area contributed by atoms with Gasteiger partial charge in [0.15, 0.2) is 0 Å². The highest BCUT2D eigenvalue weighted by molar-refractivity contribution is 7.89. The third-order valence-corrected chi connectivity index (χ3v) is 6.56. The van der Waals surface area contributed by atoms with Crippen LogP contribution in [0, 0.1) is 12.8 Å². The van der Waals surface area contributed by atoms with Crippen LogP contribution in [0.1, 0.15) is 38.2 Å². The van der Waals surface area contributed by atoms with Crippen LogP contribution < -0.4 is 5.73 Å². The Balaban J connectivity index is 2.20. The van der Waals surface area contributed by atoms with Gasteiger partial charge in [-0.3, -0.25) is 0 Å². The van der Waals surface area contributed by atoms with E-state index in [0.717, 1.165) is 19.3 Å². The largest absolute Gasteiger partial charge is 0.397 e. The van der Waals surface area contributed by atoms with Crippen molar-refractivity contribution in [2.75, 3.05) is 18.8 Å². The Kier molecular flexibility index (Phi) is 5.17. The first-order chi connectivity index (χ1) is 9.86. The minimum absolute atomic E-state index is 0.246. The molecule has 0 saturated carbocycles. The highest BCUT2D eigenvalue weighted by Crippen LogP contribution is 2.30. The molecule has 6 heteroatoms. The van der Waals surface area contributed by atoms with Gasteiger partial charge in [-0.1, -0.05) is 31.4 Å². The lowest BCUT2D eigenvalue weighted by Gasteiger charge is -2.31. The summed E-state index contributed by atoms with van der Waals surface area (Å²) < 4.78 is 27.0. The quantitative estimate of drug-likeness (QED) is 0.860. The van der Waals surface area contributed by atoms with Crippen molar-refractivity contribution in [1.29, 1.82) is 0 Å². The first kappa shape index (κ1) is 16.6. The van der Waals surface area contributed by atoms with Crippen molar-refractivity contribution in [3.05, 3.63) is 22.7 Å². The number of aryl methyl sites for hydroxylation is 1. The summed E-state index contributed by atoms with van der Waals surface area (Å²) in [5.41, 5.74) is 6.80. The van der Waals surface area contributed by atoms with E-state index in [4.69, 9.17) is 17.3 Å². The maximum absolute atomic E-state index is 12.7. The number of hydrogen-bond donors (Lipinski definition) is 1. The number of hydrogen-bond acceptors (Lipinski definition) is 3. The molecular weight excluding hydrogens is 308 g/mol. The number of piperidine rings is 1. The minimum Gasteiger partial charge on any atom is -0.397 e. The standard InChI is InChI=1S/C15H23ClN2O2S/c1-3-4-12-5-7-18(8-6-12)21(19,20)13-9-11(2)15(16)14(17)10-13/h9-10,12H,3-8,17H2,1-2H3. The Morgan fingerprint density at radius 3 is 2.48 bits per heavy atom. The molecule has 1 aromatic carbocycles. The van der Waals surface area contributed by atoms with E-state index in [0.29, 0.717) is 35.3 Å². The predicted octanol–water partition coefficient (Wildman–Crippen LogP) is 3.43. The number of benzene rings is 1. The van der Waals surface area contributed by atoms with Gasteiger partial charge in [0, 0.05) is 13.1 Å². The normalized spacial score (nSPS) is 18.0. The molecule has 4 nitrogen and oxygen atoms in total. The van der Waals surface area contributed by atoms with E-state index < -0.39 is 10.0 Å². The Hall–Kier alpha value is -0.780. The van der Waals surface area contributed by atoms with Gasteiger partial charge in [0.05, 0.1) is 15.6 Å². The zero-order valence-corrected chi connectivity index (χ0v) is 14.2. The van der Waals surface area contributed by atoms with Gasteiger partial charge in [-0.2, -0.15) is 4.31 Å². The van der Waals surface area contributed by atoms with E-state index in [2.05, 4.69) is 6.92 Å². The lowest BCUT2D eigenvalue weighted by molar-refractivity contribution is 0.262. The molecule has 0 unspecified atom stereocenters. The lowest BCUT2D eigenvalue weighted by atomic mass is 9.94. The van der Waals surface area contributed by atoms with E-state index in [1.165, 1.54) is 12.5 Å². The monoisotopic (exact) mass is 330 g/mol.